The van der Waals surface area contributed by atoms with Gasteiger partial charge in [0.1, 0.15) is 0 Å². The van der Waals surface area contributed by atoms with Crippen LogP contribution in [0.1, 0.15) is 0 Å². The Labute approximate surface area is 132 Å². The van der Waals surface area contributed by atoms with Crippen LogP contribution in [0.15, 0.2) is 0 Å². The quantitative estimate of drug-likeness (QED) is 0.209. The molecule has 0 unspecified atom stereocenters. The second-order valence-electron chi connectivity index (χ2n) is 0.603. The van der Waals surface area contributed by atoms with Crippen molar-refractivity contribution in [2.75, 3.05) is 0 Å². The van der Waals surface area contributed by atoms with Crippen molar-refractivity contribution in [1.29, 1.82) is 0 Å². The van der Waals surface area contributed by atoms with Gasteiger partial charge in [0.2, 0.25) is 0 Å². The van der Waals surface area contributed by atoms with Crippen molar-refractivity contribution in [2.45, 2.75) is 0 Å². The molecule has 0 atom stereocenters. The van der Waals surface area contributed by atoms with Crippen molar-refractivity contribution in [1.82, 2.24) is 0 Å². The molecule has 0 rings (SSSR count). The molecule has 13 heavy (non-hydrogen) atoms. The van der Waals surface area contributed by atoms with Gasteiger partial charge in [-0.1, -0.05) is 0 Å². The fourth-order valence-electron chi connectivity index (χ4n) is 0. The Balaban J connectivity index is -0.0000000450. The second kappa shape index (κ2) is 20.6. The van der Waals surface area contributed by atoms with E-state index in [1.807, 2.05) is 0 Å². The van der Waals surface area contributed by atoms with Crippen molar-refractivity contribution < 1.29 is 135 Å². The fourth-order valence-corrected chi connectivity index (χ4v) is 0. The van der Waals surface area contributed by atoms with E-state index in [1.54, 1.807) is 0 Å². The van der Waals surface area contributed by atoms with E-state index in [0.717, 1.165) is 0 Å². The van der Waals surface area contributed by atoms with Gasteiger partial charge in [0.15, 0.2) is 0 Å². The molecule has 0 amide bonds. The molecule has 0 aliphatic rings. The maximum Gasteiger partial charge on any atom is 0.503 e. The summed E-state index contributed by atoms with van der Waals surface area (Å²) in [6.45, 7) is 0. The van der Waals surface area contributed by atoms with Gasteiger partial charge in [0.25, 0.3) is 0 Å². The van der Waals surface area contributed by atoms with Crippen LogP contribution in [0.25, 0.3) is 0 Å². The molecule has 9 nitrogen and oxygen atoms in total. The van der Waals surface area contributed by atoms with Crippen LogP contribution in [0.4, 0.5) is 0 Å². The van der Waals surface area contributed by atoms with E-state index in [1.165, 1.54) is 0 Å². The Kier molecular flexibility index (Phi) is 39.8. The topological polar surface area (TPSA) is 199 Å². The van der Waals surface area contributed by atoms with Crippen molar-refractivity contribution in [2.24, 2.45) is 0 Å². The third-order valence-corrected chi connectivity index (χ3v) is 0. The summed E-state index contributed by atoms with van der Waals surface area (Å²) in [6.07, 6.45) is 0. The summed E-state index contributed by atoms with van der Waals surface area (Å²) in [5.41, 5.74) is 0. The molecular formula is H3I3NdO9. The zero-order chi connectivity index (χ0) is 10.7. The molecule has 82 valence electrons. The summed E-state index contributed by atoms with van der Waals surface area (Å²) in [6, 6.07) is 0. The van der Waals surface area contributed by atoms with Crippen LogP contribution < -0.4 is 83.8 Å². The van der Waals surface area contributed by atoms with Gasteiger partial charge < -0.3 is 20.6 Å². The van der Waals surface area contributed by atoms with E-state index in [-0.39, 0.29) is 40.8 Å². The van der Waals surface area contributed by atoms with Gasteiger partial charge in [-0.15, -0.1) is 0 Å². The summed E-state index contributed by atoms with van der Waals surface area (Å²) < 4.78 is 73.4. The van der Waals surface area contributed by atoms with E-state index in [0.29, 0.717) is 0 Å². The molecule has 0 spiro atoms. The van der Waals surface area contributed by atoms with Gasteiger partial charge in [0, 0.05) is 40.8 Å². The van der Waals surface area contributed by atoms with Crippen LogP contribution in [0.2, 0.25) is 0 Å². The molecular weight excluding hydrogens is 669 g/mol. The summed E-state index contributed by atoms with van der Waals surface area (Å²) in [5.74, 6) is 0. The standard InChI is InChI=1S/3HIO3.Nd/c3*2-1(3)4;/h3*2H;. The number of rotatable bonds is 0. The fraction of sp³-hybridized carbons (Fsp3) is 0. The number of halogens is 3. The summed E-state index contributed by atoms with van der Waals surface area (Å²) in [4.78, 5) is 0. The van der Waals surface area contributed by atoms with Gasteiger partial charge in [-0.3, -0.25) is 0 Å². The Hall–Kier alpha value is 3.18. The molecule has 0 aromatic rings. The third-order valence-electron chi connectivity index (χ3n) is 0. The van der Waals surface area contributed by atoms with Gasteiger partial charge in [-0.2, -0.15) is 0 Å². The van der Waals surface area contributed by atoms with Crippen molar-refractivity contribution >= 4 is 0 Å². The van der Waals surface area contributed by atoms with Crippen LogP contribution in [0.3, 0.4) is 0 Å². The smallest absolute Gasteiger partial charge is 0.396 e. The minimum Gasteiger partial charge on any atom is -0.396 e. The van der Waals surface area contributed by atoms with Crippen LogP contribution >= 0.6 is 0 Å². The Morgan fingerprint density at radius 2 is 0.538 bits per heavy atom. The molecule has 0 aliphatic heterocycles. The molecule has 0 saturated carbocycles. The maximum absolute atomic E-state index is 8.68. The largest absolute Gasteiger partial charge is 0.503 e. The molecule has 13 heteroatoms. The first kappa shape index (κ1) is 25.1. The minimum atomic E-state index is -3.76. The van der Waals surface area contributed by atoms with E-state index in [4.69, 9.17) is 30.9 Å². The van der Waals surface area contributed by atoms with Gasteiger partial charge in [-0.25, -0.2) is 0 Å². The van der Waals surface area contributed by atoms with E-state index in [2.05, 4.69) is 0 Å². The molecule has 0 radical (unpaired) electrons. The first-order valence-electron chi connectivity index (χ1n) is 1.43. The van der Waals surface area contributed by atoms with Gasteiger partial charge in [0.05, 0.1) is 0 Å². The molecule has 0 aromatic heterocycles. The van der Waals surface area contributed by atoms with Gasteiger partial charge >= 0.3 is 63.2 Å². The normalized spacial score (nSPS) is 8.31. The molecule has 0 fully saturated rings. The average molecular weight is 672 g/mol. The summed E-state index contributed by atoms with van der Waals surface area (Å²) in [7, 11) is 0. The molecule has 0 heterocycles. The first-order chi connectivity index (χ1) is 5.20. The Morgan fingerprint density at radius 3 is 0.538 bits per heavy atom. The number of hydrogen-bond acceptors (Lipinski definition) is 9. The molecule has 3 N–H and O–H groups in total. The van der Waals surface area contributed by atoms with Crippen LogP contribution in [-0.2, 0) is 0 Å². The van der Waals surface area contributed by atoms with Crippen LogP contribution in [0, 0.1) is 40.8 Å². The molecule has 0 aromatic carbocycles. The zero-order valence-corrected chi connectivity index (χ0v) is 15.1. The predicted octanol–water partition coefficient (Wildman–Crippen LogP) is -17.8. The van der Waals surface area contributed by atoms with E-state index < -0.39 is 63.2 Å². The van der Waals surface area contributed by atoms with Crippen molar-refractivity contribution in [3.8, 4) is 0 Å². The van der Waals surface area contributed by atoms with Gasteiger partial charge in [-0.05, 0) is 10.3 Å². The van der Waals surface area contributed by atoms with Crippen LogP contribution in [0.5, 0.6) is 0 Å². The SMILES string of the molecule is [Nd].[O-][I+2]([O-])O.[O-][I+2]([O-])O.[O-][I+2]([O-])O. The van der Waals surface area contributed by atoms with E-state index in [9.17, 15) is 0 Å². The van der Waals surface area contributed by atoms with Crippen LogP contribution in [-0.4, -0.2) is 10.3 Å². The molecule has 0 bridgehead atoms. The number of hydrogen-bond donors (Lipinski definition) is 3. The maximum atomic E-state index is 8.68. The second-order valence-corrected chi connectivity index (χ2v) is 4.05. The summed E-state index contributed by atoms with van der Waals surface area (Å²) in [5, 5.41) is 0. The Morgan fingerprint density at radius 1 is 0.538 bits per heavy atom. The molecule has 0 saturated heterocycles. The average Bonchev–Trinajstić information content (AvgIpc) is 1.54. The minimum absolute atomic E-state index is 0. The Bertz CT molecular complexity index is 43.4. The first-order valence-corrected chi connectivity index (χ1v) is 9.61. The third kappa shape index (κ3) is 261. The van der Waals surface area contributed by atoms with Crippen molar-refractivity contribution in [3.05, 3.63) is 0 Å². The molecule has 0 aliphatic carbocycles. The van der Waals surface area contributed by atoms with E-state index >= 15 is 0 Å². The monoisotopic (exact) mass is 670 g/mol. The zero-order valence-electron chi connectivity index (χ0n) is 5.43. The predicted molar refractivity (Wildman–Crippen MR) is 6.66 cm³/mol. The van der Waals surface area contributed by atoms with Crippen molar-refractivity contribution in [3.63, 3.8) is 0 Å². The summed E-state index contributed by atoms with van der Waals surface area (Å²) >= 11 is -11.3.